The summed E-state index contributed by atoms with van der Waals surface area (Å²) < 4.78 is 13.5. The molecule has 36 heavy (non-hydrogen) atoms. The van der Waals surface area contributed by atoms with Crippen LogP contribution in [0.2, 0.25) is 0 Å². The monoisotopic (exact) mass is 532 g/mol. The highest BCUT2D eigenvalue weighted by atomic mass is 35.5. The van der Waals surface area contributed by atoms with Gasteiger partial charge in [0.05, 0.1) is 47.0 Å². The molecule has 0 unspecified atom stereocenters. The minimum atomic E-state index is -0.837. The van der Waals surface area contributed by atoms with Crippen LogP contribution in [0.4, 0.5) is 0 Å². The number of carboxylic acid groups (broad SMARTS) is 1. The lowest BCUT2D eigenvalue weighted by molar-refractivity contribution is -0.144. The van der Waals surface area contributed by atoms with E-state index in [1.54, 1.807) is 6.92 Å². The van der Waals surface area contributed by atoms with Gasteiger partial charge in [-0.2, -0.15) is 0 Å². The van der Waals surface area contributed by atoms with E-state index in [4.69, 9.17) is 16.7 Å². The van der Waals surface area contributed by atoms with Gasteiger partial charge < -0.3 is 24.1 Å². The van der Waals surface area contributed by atoms with Crippen LogP contribution in [-0.2, 0) is 43.0 Å². The fourth-order valence-corrected chi connectivity index (χ4v) is 4.34. The van der Waals surface area contributed by atoms with E-state index in [2.05, 4.69) is 14.2 Å². The van der Waals surface area contributed by atoms with E-state index >= 15 is 0 Å². The Hall–Kier alpha value is -2.49. The molecular formula is C25H37ClO10. The second-order valence-electron chi connectivity index (χ2n) is 10.2. The quantitative estimate of drug-likeness (QED) is 0.224. The Morgan fingerprint density at radius 2 is 0.917 bits per heavy atom. The van der Waals surface area contributed by atoms with E-state index in [0.29, 0.717) is 25.7 Å². The van der Waals surface area contributed by atoms with Gasteiger partial charge in [-0.05, 0) is 73.3 Å². The maximum atomic E-state index is 10.9. The predicted octanol–water partition coefficient (Wildman–Crippen LogP) is 3.60. The standard InChI is InChI=1S/C9H14O3.C8H11ClO3.C8H12O4/c1-7(10)5-9(3-4-9)6-8(11)12-2;2*1-12-7(11)5-8(2-3-8)4-6(9)10/h3-6H2,1-2H3;2-5H2,1H3;2-5H2,1H3,(H,9,10). The van der Waals surface area contributed by atoms with Crippen molar-refractivity contribution in [1.29, 1.82) is 0 Å². The molecule has 0 spiro atoms. The molecule has 0 aromatic rings. The second-order valence-corrected chi connectivity index (χ2v) is 10.7. The fourth-order valence-electron chi connectivity index (χ4n) is 4.06. The molecule has 11 heteroatoms. The molecule has 0 aliphatic heterocycles. The molecule has 0 saturated heterocycles. The van der Waals surface area contributed by atoms with Crippen molar-refractivity contribution in [2.24, 2.45) is 16.2 Å². The predicted molar refractivity (Wildman–Crippen MR) is 128 cm³/mol. The highest BCUT2D eigenvalue weighted by Crippen LogP contribution is 2.53. The molecule has 3 aliphatic rings. The van der Waals surface area contributed by atoms with Crippen LogP contribution in [0, 0.1) is 16.2 Å². The molecular weight excluding hydrogens is 496 g/mol. The normalized spacial score (nSPS) is 18.5. The smallest absolute Gasteiger partial charge is 0.306 e. The Bertz CT molecular complexity index is 728. The topological polar surface area (TPSA) is 150 Å². The number of aliphatic carboxylic acids is 1. The van der Waals surface area contributed by atoms with Gasteiger partial charge in [-0.1, -0.05) is 0 Å². The summed E-state index contributed by atoms with van der Waals surface area (Å²) in [5, 5.41) is 8.16. The van der Waals surface area contributed by atoms with Crippen LogP contribution >= 0.6 is 11.6 Å². The van der Waals surface area contributed by atoms with Gasteiger partial charge >= 0.3 is 23.9 Å². The molecule has 10 nitrogen and oxygen atoms in total. The third-order valence-corrected chi connectivity index (χ3v) is 6.91. The Kier molecular flexibility index (Phi) is 12.0. The van der Waals surface area contributed by atoms with Gasteiger partial charge in [0.1, 0.15) is 5.78 Å². The van der Waals surface area contributed by atoms with Gasteiger partial charge in [-0.25, -0.2) is 0 Å². The number of esters is 3. The van der Waals surface area contributed by atoms with E-state index < -0.39 is 5.97 Å². The zero-order valence-corrected chi connectivity index (χ0v) is 22.2. The van der Waals surface area contributed by atoms with Gasteiger partial charge in [-0.3, -0.25) is 24.0 Å². The zero-order valence-electron chi connectivity index (χ0n) is 21.5. The second kappa shape index (κ2) is 13.7. The van der Waals surface area contributed by atoms with E-state index in [-0.39, 0.29) is 58.0 Å². The lowest BCUT2D eigenvalue weighted by Crippen LogP contribution is -2.14. The number of carbonyl (C=O) groups excluding carboxylic acids is 5. The van der Waals surface area contributed by atoms with Crippen LogP contribution in [-0.4, -0.2) is 61.3 Å². The van der Waals surface area contributed by atoms with Crippen molar-refractivity contribution in [2.45, 2.75) is 84.0 Å². The number of Topliss-reactive ketones (excluding diaryl/α,β-unsaturated/α-hetero) is 1. The van der Waals surface area contributed by atoms with Crippen LogP contribution in [0.1, 0.15) is 84.0 Å². The number of hydrogen-bond donors (Lipinski definition) is 1. The molecule has 0 aromatic heterocycles. The first-order valence-corrected chi connectivity index (χ1v) is 12.2. The average Bonchev–Trinajstić information content (AvgIpc) is 3.70. The summed E-state index contributed by atoms with van der Waals surface area (Å²) in [5.41, 5.74) is -0.468. The van der Waals surface area contributed by atoms with Crippen LogP contribution < -0.4 is 0 Å². The van der Waals surface area contributed by atoms with Gasteiger partial charge in [0.2, 0.25) is 5.24 Å². The van der Waals surface area contributed by atoms with Crippen molar-refractivity contribution in [3.63, 3.8) is 0 Å². The summed E-state index contributed by atoms with van der Waals surface area (Å²) >= 11 is 5.24. The molecule has 3 saturated carbocycles. The fraction of sp³-hybridized carbons (Fsp3) is 0.760. The first kappa shape index (κ1) is 31.5. The summed E-state index contributed by atoms with van der Waals surface area (Å²) in [6, 6.07) is 0. The molecule has 3 aliphatic carbocycles. The summed E-state index contributed by atoms with van der Waals surface area (Å²) in [6.07, 6.45) is 7.32. The number of carbonyl (C=O) groups is 6. The van der Waals surface area contributed by atoms with E-state index in [0.717, 1.165) is 38.5 Å². The van der Waals surface area contributed by atoms with E-state index in [1.807, 2.05) is 0 Å². The maximum Gasteiger partial charge on any atom is 0.306 e. The summed E-state index contributed by atoms with van der Waals surface area (Å²) in [7, 11) is 4.05. The Balaban J connectivity index is 0.000000270. The average molecular weight is 533 g/mol. The minimum Gasteiger partial charge on any atom is -0.481 e. The summed E-state index contributed by atoms with van der Waals surface area (Å²) in [4.78, 5) is 64.4. The maximum absolute atomic E-state index is 10.9. The third kappa shape index (κ3) is 12.5. The van der Waals surface area contributed by atoms with E-state index in [1.165, 1.54) is 21.3 Å². The number of ketones is 1. The summed E-state index contributed by atoms with van der Waals surface area (Å²) in [5.74, 6) is -1.44. The van der Waals surface area contributed by atoms with Crippen molar-refractivity contribution in [2.75, 3.05) is 21.3 Å². The van der Waals surface area contributed by atoms with Crippen LogP contribution in [0.25, 0.3) is 0 Å². The molecule has 0 atom stereocenters. The molecule has 0 bridgehead atoms. The minimum absolute atomic E-state index is 0.0288. The van der Waals surface area contributed by atoms with Crippen LogP contribution in [0.5, 0.6) is 0 Å². The van der Waals surface area contributed by atoms with Gasteiger partial charge in [0.25, 0.3) is 0 Å². The highest BCUT2D eigenvalue weighted by molar-refractivity contribution is 6.63. The zero-order chi connectivity index (χ0) is 27.6. The third-order valence-electron chi connectivity index (χ3n) is 6.78. The van der Waals surface area contributed by atoms with E-state index in [9.17, 15) is 28.8 Å². The number of methoxy groups -OCH3 is 3. The molecule has 3 rings (SSSR count). The number of rotatable bonds is 12. The van der Waals surface area contributed by atoms with Crippen LogP contribution in [0.3, 0.4) is 0 Å². The van der Waals surface area contributed by atoms with Crippen molar-refractivity contribution < 1.29 is 48.1 Å². The molecule has 0 amide bonds. The molecule has 0 radical (unpaired) electrons. The van der Waals surface area contributed by atoms with Gasteiger partial charge in [0.15, 0.2) is 0 Å². The Morgan fingerprint density at radius 1 is 0.611 bits per heavy atom. The van der Waals surface area contributed by atoms with Crippen molar-refractivity contribution in [3.8, 4) is 0 Å². The molecule has 1 N–H and O–H groups in total. The van der Waals surface area contributed by atoms with Gasteiger partial charge in [0, 0.05) is 12.8 Å². The van der Waals surface area contributed by atoms with Gasteiger partial charge in [-0.15, -0.1) is 0 Å². The number of hydrogen-bond acceptors (Lipinski definition) is 9. The molecule has 204 valence electrons. The number of carboxylic acids is 1. The van der Waals surface area contributed by atoms with Crippen molar-refractivity contribution in [3.05, 3.63) is 0 Å². The number of halogens is 1. The van der Waals surface area contributed by atoms with Crippen molar-refractivity contribution in [1.82, 2.24) is 0 Å². The SMILES string of the molecule is COC(=O)CC1(CC(=O)Cl)CC1.COC(=O)CC1(CC(=O)O)CC1.COC(=O)CC1(CC(C)=O)CC1. The first-order valence-electron chi connectivity index (χ1n) is 11.8. The first-order chi connectivity index (χ1) is 16.7. The largest absolute Gasteiger partial charge is 0.481 e. The lowest BCUT2D eigenvalue weighted by Gasteiger charge is -2.10. The highest BCUT2D eigenvalue weighted by Gasteiger charge is 2.47. The molecule has 3 fully saturated rings. The van der Waals surface area contributed by atoms with Crippen molar-refractivity contribution >= 4 is 46.5 Å². The number of ether oxygens (including phenoxy) is 3. The van der Waals surface area contributed by atoms with Crippen LogP contribution in [0.15, 0.2) is 0 Å². The summed E-state index contributed by atoms with van der Waals surface area (Å²) in [6.45, 7) is 1.57. The Labute approximate surface area is 216 Å². The molecule has 0 heterocycles. The Morgan fingerprint density at radius 3 is 1.14 bits per heavy atom. The lowest BCUT2D eigenvalue weighted by atomic mass is 9.96. The molecule has 0 aromatic carbocycles.